The number of halogens is 1. The summed E-state index contributed by atoms with van der Waals surface area (Å²) in [6.07, 6.45) is 3.31. The Morgan fingerprint density at radius 3 is 2.76 bits per heavy atom. The number of hydrogen-bond donors (Lipinski definition) is 1. The molecule has 0 fully saturated rings. The number of nitrogens with zero attached hydrogens (tertiary/aromatic N) is 3. The van der Waals surface area contributed by atoms with Crippen molar-refractivity contribution in [1.29, 1.82) is 0 Å². The molecule has 0 aliphatic carbocycles. The SMILES string of the molecule is C/C(=N\O)c1ccc(-n2ccnc2C)c(F)c1. The highest BCUT2D eigenvalue weighted by Crippen LogP contribution is 2.17. The molecule has 0 aliphatic heterocycles. The van der Waals surface area contributed by atoms with Gasteiger partial charge in [-0.2, -0.15) is 0 Å². The van der Waals surface area contributed by atoms with Gasteiger partial charge in [0.05, 0.1) is 11.4 Å². The van der Waals surface area contributed by atoms with Crippen LogP contribution >= 0.6 is 0 Å². The van der Waals surface area contributed by atoms with Gasteiger partial charge in [0.1, 0.15) is 11.6 Å². The van der Waals surface area contributed by atoms with E-state index in [9.17, 15) is 4.39 Å². The molecule has 5 heteroatoms. The lowest BCUT2D eigenvalue weighted by Gasteiger charge is -2.08. The highest BCUT2D eigenvalue weighted by molar-refractivity contribution is 5.98. The Bertz CT molecular complexity index is 575. The number of aryl methyl sites for hydroxylation is 1. The van der Waals surface area contributed by atoms with Gasteiger partial charge in [-0.1, -0.05) is 11.2 Å². The molecular formula is C12H12FN3O. The number of oxime groups is 1. The van der Waals surface area contributed by atoms with Crippen molar-refractivity contribution < 1.29 is 9.60 Å². The lowest BCUT2D eigenvalue weighted by Crippen LogP contribution is -2.02. The largest absolute Gasteiger partial charge is 0.411 e. The molecule has 0 bridgehead atoms. The molecule has 1 aromatic carbocycles. The first-order chi connectivity index (χ1) is 8.13. The highest BCUT2D eigenvalue weighted by atomic mass is 19.1. The summed E-state index contributed by atoms with van der Waals surface area (Å²) in [4.78, 5) is 4.04. The summed E-state index contributed by atoms with van der Waals surface area (Å²) in [6.45, 7) is 3.41. The minimum absolute atomic E-state index is 0.373. The van der Waals surface area contributed by atoms with E-state index in [1.807, 2.05) is 0 Å². The first-order valence-electron chi connectivity index (χ1n) is 5.12. The third kappa shape index (κ3) is 2.04. The summed E-state index contributed by atoms with van der Waals surface area (Å²) >= 11 is 0. The van der Waals surface area contributed by atoms with E-state index >= 15 is 0 Å². The quantitative estimate of drug-likeness (QED) is 0.492. The molecule has 1 heterocycles. The average Bonchev–Trinajstić information content (AvgIpc) is 2.74. The number of hydrogen-bond acceptors (Lipinski definition) is 3. The molecule has 2 aromatic rings. The van der Waals surface area contributed by atoms with Crippen LogP contribution in [-0.2, 0) is 0 Å². The summed E-state index contributed by atoms with van der Waals surface area (Å²) in [6, 6.07) is 4.67. The molecule has 0 saturated heterocycles. The Morgan fingerprint density at radius 2 is 2.24 bits per heavy atom. The number of rotatable bonds is 2. The number of imidazole rings is 1. The van der Waals surface area contributed by atoms with Crippen molar-refractivity contribution in [3.63, 3.8) is 0 Å². The van der Waals surface area contributed by atoms with Gasteiger partial charge >= 0.3 is 0 Å². The molecule has 0 amide bonds. The standard InChI is InChI=1S/C12H12FN3O/c1-8(15-17)10-3-4-12(11(13)7-10)16-6-5-14-9(16)2/h3-7,17H,1-2H3/b15-8+. The van der Waals surface area contributed by atoms with Crippen molar-refractivity contribution in [1.82, 2.24) is 9.55 Å². The topological polar surface area (TPSA) is 50.4 Å². The Hall–Kier alpha value is -2.17. The second-order valence-corrected chi connectivity index (χ2v) is 3.70. The van der Waals surface area contributed by atoms with Crippen molar-refractivity contribution in [3.05, 3.63) is 47.8 Å². The third-order valence-corrected chi connectivity index (χ3v) is 2.60. The Morgan fingerprint density at radius 1 is 1.47 bits per heavy atom. The van der Waals surface area contributed by atoms with Crippen LogP contribution in [0.4, 0.5) is 4.39 Å². The second-order valence-electron chi connectivity index (χ2n) is 3.70. The van der Waals surface area contributed by atoms with Crippen molar-refractivity contribution in [3.8, 4) is 5.69 Å². The maximum Gasteiger partial charge on any atom is 0.147 e. The lowest BCUT2D eigenvalue weighted by molar-refractivity contribution is 0.319. The molecule has 4 nitrogen and oxygen atoms in total. The average molecular weight is 233 g/mol. The van der Waals surface area contributed by atoms with Crippen molar-refractivity contribution in [2.24, 2.45) is 5.16 Å². The first-order valence-corrected chi connectivity index (χ1v) is 5.12. The van der Waals surface area contributed by atoms with Gasteiger partial charge in [0, 0.05) is 18.0 Å². The maximum absolute atomic E-state index is 13.9. The van der Waals surface area contributed by atoms with Gasteiger partial charge in [0.15, 0.2) is 0 Å². The first kappa shape index (κ1) is 11.3. The van der Waals surface area contributed by atoms with Gasteiger partial charge in [-0.3, -0.25) is 0 Å². The zero-order chi connectivity index (χ0) is 12.4. The van der Waals surface area contributed by atoms with E-state index in [0.717, 1.165) is 0 Å². The van der Waals surface area contributed by atoms with Crippen LogP contribution in [0.3, 0.4) is 0 Å². The monoisotopic (exact) mass is 233 g/mol. The van der Waals surface area contributed by atoms with Crippen molar-refractivity contribution in [2.75, 3.05) is 0 Å². The summed E-state index contributed by atoms with van der Waals surface area (Å²) in [5.41, 5.74) is 1.35. The predicted molar refractivity (Wildman–Crippen MR) is 62.3 cm³/mol. The van der Waals surface area contributed by atoms with E-state index < -0.39 is 0 Å². The summed E-state index contributed by atoms with van der Waals surface area (Å²) in [7, 11) is 0. The minimum atomic E-state index is -0.383. The van der Waals surface area contributed by atoms with Gasteiger partial charge in [-0.25, -0.2) is 9.37 Å². The molecule has 0 radical (unpaired) electrons. The second kappa shape index (κ2) is 4.37. The van der Waals surface area contributed by atoms with Gasteiger partial charge in [0.2, 0.25) is 0 Å². The summed E-state index contributed by atoms with van der Waals surface area (Å²) in [5.74, 6) is 0.329. The van der Waals surface area contributed by atoms with E-state index in [1.54, 1.807) is 42.9 Å². The summed E-state index contributed by atoms with van der Waals surface area (Å²) in [5, 5.41) is 11.7. The third-order valence-electron chi connectivity index (χ3n) is 2.60. The van der Waals surface area contributed by atoms with E-state index in [0.29, 0.717) is 22.8 Å². The molecule has 0 aliphatic rings. The van der Waals surface area contributed by atoms with Crippen molar-refractivity contribution in [2.45, 2.75) is 13.8 Å². The van der Waals surface area contributed by atoms with Crippen LogP contribution < -0.4 is 0 Å². The molecule has 0 unspecified atom stereocenters. The zero-order valence-corrected chi connectivity index (χ0v) is 9.55. The lowest BCUT2D eigenvalue weighted by atomic mass is 10.1. The van der Waals surface area contributed by atoms with Crippen LogP contribution in [0.2, 0.25) is 0 Å². The number of benzene rings is 1. The van der Waals surface area contributed by atoms with E-state index in [4.69, 9.17) is 5.21 Å². The molecule has 0 atom stereocenters. The fourth-order valence-electron chi connectivity index (χ4n) is 1.62. The van der Waals surface area contributed by atoms with Crippen LogP contribution in [0.5, 0.6) is 0 Å². The van der Waals surface area contributed by atoms with Crippen LogP contribution in [0.1, 0.15) is 18.3 Å². The van der Waals surface area contributed by atoms with Crippen LogP contribution in [0.15, 0.2) is 35.7 Å². The van der Waals surface area contributed by atoms with Gasteiger partial charge < -0.3 is 9.77 Å². The fourth-order valence-corrected chi connectivity index (χ4v) is 1.62. The molecule has 1 N–H and O–H groups in total. The van der Waals surface area contributed by atoms with E-state index in [1.165, 1.54) is 6.07 Å². The fraction of sp³-hybridized carbons (Fsp3) is 0.167. The van der Waals surface area contributed by atoms with Crippen LogP contribution in [-0.4, -0.2) is 20.5 Å². The van der Waals surface area contributed by atoms with Crippen molar-refractivity contribution >= 4 is 5.71 Å². The smallest absolute Gasteiger partial charge is 0.147 e. The number of aromatic nitrogens is 2. The van der Waals surface area contributed by atoms with Gasteiger partial charge in [-0.15, -0.1) is 0 Å². The molecule has 0 saturated carbocycles. The van der Waals surface area contributed by atoms with Crippen LogP contribution in [0, 0.1) is 12.7 Å². The van der Waals surface area contributed by atoms with Gasteiger partial charge in [-0.05, 0) is 26.0 Å². The maximum atomic E-state index is 13.9. The predicted octanol–water partition coefficient (Wildman–Crippen LogP) is 2.52. The molecular weight excluding hydrogens is 221 g/mol. The molecule has 2 rings (SSSR count). The normalized spacial score (nSPS) is 11.8. The van der Waals surface area contributed by atoms with E-state index in [2.05, 4.69) is 10.1 Å². The summed E-state index contributed by atoms with van der Waals surface area (Å²) < 4.78 is 15.6. The minimum Gasteiger partial charge on any atom is -0.411 e. The highest BCUT2D eigenvalue weighted by Gasteiger charge is 2.09. The molecule has 88 valence electrons. The molecule has 17 heavy (non-hydrogen) atoms. The molecule has 0 spiro atoms. The van der Waals surface area contributed by atoms with E-state index in [-0.39, 0.29) is 5.82 Å². The van der Waals surface area contributed by atoms with Gasteiger partial charge in [0.25, 0.3) is 0 Å². The molecule has 1 aromatic heterocycles. The Kier molecular flexibility index (Phi) is 2.91. The zero-order valence-electron chi connectivity index (χ0n) is 9.55. The Labute approximate surface area is 98.0 Å². The van der Waals surface area contributed by atoms with Crippen LogP contribution in [0.25, 0.3) is 5.69 Å². The Balaban J connectivity index is 2.50.